The normalized spacial score (nSPS) is 18.5. The number of para-hydroxylation sites is 1. The minimum Gasteiger partial charge on any atom is -0.334 e. The highest BCUT2D eigenvalue weighted by Crippen LogP contribution is 2.25. The van der Waals surface area contributed by atoms with E-state index in [1.54, 1.807) is 17.9 Å². The van der Waals surface area contributed by atoms with Gasteiger partial charge in [-0.3, -0.25) is 14.9 Å². The van der Waals surface area contributed by atoms with Gasteiger partial charge in [-0.1, -0.05) is 18.2 Å². The van der Waals surface area contributed by atoms with E-state index in [4.69, 9.17) is 0 Å². The number of nitriles is 1. The quantitative estimate of drug-likeness (QED) is 0.786. The van der Waals surface area contributed by atoms with Crippen molar-refractivity contribution in [1.29, 1.82) is 5.26 Å². The molecular formula is C15H12N4O2. The van der Waals surface area contributed by atoms with Crippen molar-refractivity contribution in [3.8, 4) is 6.07 Å². The number of fused-ring (bicyclic) bond motifs is 1. The van der Waals surface area contributed by atoms with Gasteiger partial charge in [-0.25, -0.2) is 4.98 Å². The molecule has 6 nitrogen and oxygen atoms in total. The number of carbonyl (C=O) groups excluding carboxylic acids is 2. The van der Waals surface area contributed by atoms with Crippen LogP contribution in [0.3, 0.4) is 0 Å². The van der Waals surface area contributed by atoms with Gasteiger partial charge in [0.1, 0.15) is 17.9 Å². The summed E-state index contributed by atoms with van der Waals surface area (Å²) in [5.41, 5.74) is 1.07. The van der Waals surface area contributed by atoms with Crippen molar-refractivity contribution in [2.24, 2.45) is 0 Å². The molecule has 3 rings (SSSR count). The van der Waals surface area contributed by atoms with Gasteiger partial charge in [-0.15, -0.1) is 0 Å². The number of rotatable bonds is 1. The smallest absolute Gasteiger partial charge is 0.249 e. The summed E-state index contributed by atoms with van der Waals surface area (Å²) in [5.74, 6) is -0.408. The molecule has 1 aliphatic rings. The number of aromatic nitrogens is 1. The van der Waals surface area contributed by atoms with E-state index in [0.29, 0.717) is 11.4 Å². The lowest BCUT2D eigenvalue weighted by molar-refractivity contribution is -0.132. The van der Waals surface area contributed by atoms with Crippen molar-refractivity contribution in [2.45, 2.75) is 13.0 Å². The predicted octanol–water partition coefficient (Wildman–Crippen LogP) is 0.958. The van der Waals surface area contributed by atoms with Crippen molar-refractivity contribution < 1.29 is 9.59 Å². The molecule has 0 bridgehead atoms. The third-order valence-electron chi connectivity index (χ3n) is 3.52. The van der Waals surface area contributed by atoms with Gasteiger partial charge in [-0.2, -0.15) is 5.26 Å². The number of hydrogen-bond donors (Lipinski definition) is 1. The number of imide groups is 1. The topological polar surface area (TPSA) is 86.1 Å². The molecule has 1 fully saturated rings. The van der Waals surface area contributed by atoms with Crippen LogP contribution < -0.4 is 10.2 Å². The van der Waals surface area contributed by atoms with Crippen LogP contribution >= 0.6 is 0 Å². The van der Waals surface area contributed by atoms with Gasteiger partial charge < -0.3 is 4.90 Å². The molecule has 0 saturated carbocycles. The highest BCUT2D eigenvalue weighted by molar-refractivity contribution is 6.04. The summed E-state index contributed by atoms with van der Waals surface area (Å²) in [5, 5.41) is 12.4. The van der Waals surface area contributed by atoms with E-state index in [1.165, 1.54) is 0 Å². The summed E-state index contributed by atoms with van der Waals surface area (Å²) in [7, 11) is 0. The number of nitrogens with one attached hydrogen (secondary N) is 1. The second-order valence-corrected chi connectivity index (χ2v) is 4.88. The van der Waals surface area contributed by atoms with E-state index < -0.39 is 11.9 Å². The van der Waals surface area contributed by atoms with Crippen LogP contribution in [0.5, 0.6) is 0 Å². The number of piperazine rings is 1. The molecule has 6 heteroatoms. The van der Waals surface area contributed by atoms with Gasteiger partial charge in [0.05, 0.1) is 17.6 Å². The summed E-state index contributed by atoms with van der Waals surface area (Å²) in [6.45, 7) is 1.69. The fraction of sp³-hybridized carbons (Fsp3) is 0.200. The number of amides is 2. The van der Waals surface area contributed by atoms with Crippen LogP contribution in [0.4, 0.5) is 5.82 Å². The molecule has 1 N–H and O–H groups in total. The van der Waals surface area contributed by atoms with Gasteiger partial charge in [0, 0.05) is 5.39 Å². The summed E-state index contributed by atoms with van der Waals surface area (Å²) in [4.78, 5) is 29.4. The maximum atomic E-state index is 11.8. The zero-order valence-electron chi connectivity index (χ0n) is 11.3. The lowest BCUT2D eigenvalue weighted by atomic mass is 10.1. The van der Waals surface area contributed by atoms with Crippen molar-refractivity contribution in [1.82, 2.24) is 10.3 Å². The number of anilines is 1. The minimum atomic E-state index is -0.552. The van der Waals surface area contributed by atoms with Gasteiger partial charge in [0.2, 0.25) is 11.8 Å². The van der Waals surface area contributed by atoms with E-state index in [9.17, 15) is 14.9 Å². The molecular weight excluding hydrogens is 268 g/mol. The Kier molecular flexibility index (Phi) is 3.03. The Labute approximate surface area is 121 Å². The standard InChI is InChI=1S/C15H12N4O2/c1-9-15(21)18-13(20)8-19(9)14-11(7-16)6-10-4-2-3-5-12(10)17-14/h2-6,9H,8H2,1H3,(H,18,20,21). The molecule has 1 saturated heterocycles. The molecule has 1 aromatic carbocycles. The van der Waals surface area contributed by atoms with E-state index in [1.807, 2.05) is 24.3 Å². The second-order valence-electron chi connectivity index (χ2n) is 4.88. The highest BCUT2D eigenvalue weighted by atomic mass is 16.2. The molecule has 1 aromatic heterocycles. The molecule has 1 unspecified atom stereocenters. The fourth-order valence-corrected chi connectivity index (χ4v) is 2.38. The molecule has 104 valence electrons. The van der Waals surface area contributed by atoms with Gasteiger partial charge in [0.15, 0.2) is 0 Å². The van der Waals surface area contributed by atoms with E-state index in [0.717, 1.165) is 10.9 Å². The Morgan fingerprint density at radius 3 is 2.90 bits per heavy atom. The maximum Gasteiger partial charge on any atom is 0.249 e. The Morgan fingerprint density at radius 1 is 1.38 bits per heavy atom. The predicted molar refractivity (Wildman–Crippen MR) is 76.4 cm³/mol. The zero-order valence-corrected chi connectivity index (χ0v) is 11.3. The first-order valence-corrected chi connectivity index (χ1v) is 6.50. The SMILES string of the molecule is CC1C(=O)NC(=O)CN1c1nc2ccccc2cc1C#N. The molecule has 2 amide bonds. The van der Waals surface area contributed by atoms with Crippen LogP contribution in [0.1, 0.15) is 12.5 Å². The molecule has 2 heterocycles. The monoisotopic (exact) mass is 280 g/mol. The first-order chi connectivity index (χ1) is 10.1. The number of carbonyl (C=O) groups is 2. The van der Waals surface area contributed by atoms with E-state index >= 15 is 0 Å². The zero-order chi connectivity index (χ0) is 15.0. The highest BCUT2D eigenvalue weighted by Gasteiger charge is 2.32. The average molecular weight is 280 g/mol. The first kappa shape index (κ1) is 13.1. The molecule has 1 atom stereocenters. The molecule has 0 spiro atoms. The van der Waals surface area contributed by atoms with Crippen LogP contribution in [0.15, 0.2) is 30.3 Å². The Balaban J connectivity index is 2.16. The van der Waals surface area contributed by atoms with E-state index in [-0.39, 0.29) is 12.5 Å². The lowest BCUT2D eigenvalue weighted by Crippen LogP contribution is -2.57. The second kappa shape index (κ2) is 4.87. The molecule has 0 radical (unpaired) electrons. The van der Waals surface area contributed by atoms with Crippen LogP contribution in [-0.4, -0.2) is 29.4 Å². The summed E-state index contributed by atoms with van der Waals surface area (Å²) in [6, 6.07) is 10.7. The van der Waals surface area contributed by atoms with Crippen LogP contribution in [0.2, 0.25) is 0 Å². The van der Waals surface area contributed by atoms with Crippen LogP contribution in [-0.2, 0) is 9.59 Å². The molecule has 21 heavy (non-hydrogen) atoms. The van der Waals surface area contributed by atoms with Crippen molar-refractivity contribution >= 4 is 28.5 Å². The summed E-state index contributed by atoms with van der Waals surface area (Å²) < 4.78 is 0. The first-order valence-electron chi connectivity index (χ1n) is 6.50. The van der Waals surface area contributed by atoms with Gasteiger partial charge in [-0.05, 0) is 19.1 Å². The molecule has 2 aromatic rings. The fourth-order valence-electron chi connectivity index (χ4n) is 2.38. The summed E-state index contributed by atoms with van der Waals surface area (Å²) >= 11 is 0. The van der Waals surface area contributed by atoms with Crippen LogP contribution in [0.25, 0.3) is 10.9 Å². The van der Waals surface area contributed by atoms with Crippen molar-refractivity contribution in [3.05, 3.63) is 35.9 Å². The third kappa shape index (κ3) is 2.19. The summed E-state index contributed by atoms with van der Waals surface area (Å²) in [6.07, 6.45) is 0. The van der Waals surface area contributed by atoms with Crippen molar-refractivity contribution in [3.63, 3.8) is 0 Å². The largest absolute Gasteiger partial charge is 0.334 e. The molecule has 0 aliphatic carbocycles. The molecule has 1 aliphatic heterocycles. The Hall–Kier alpha value is -2.94. The lowest BCUT2D eigenvalue weighted by Gasteiger charge is -2.33. The number of nitrogens with zero attached hydrogens (tertiary/aromatic N) is 3. The van der Waals surface area contributed by atoms with Crippen LogP contribution in [0, 0.1) is 11.3 Å². The average Bonchev–Trinajstić information content (AvgIpc) is 2.49. The number of benzene rings is 1. The minimum absolute atomic E-state index is 0.00687. The van der Waals surface area contributed by atoms with Crippen molar-refractivity contribution in [2.75, 3.05) is 11.4 Å². The number of pyridine rings is 1. The Morgan fingerprint density at radius 2 is 2.14 bits per heavy atom. The maximum absolute atomic E-state index is 11.8. The number of hydrogen-bond acceptors (Lipinski definition) is 5. The third-order valence-corrected chi connectivity index (χ3v) is 3.52. The van der Waals surface area contributed by atoms with E-state index in [2.05, 4.69) is 16.4 Å². The Bertz CT molecular complexity index is 794. The van der Waals surface area contributed by atoms with Gasteiger partial charge in [0.25, 0.3) is 0 Å². The van der Waals surface area contributed by atoms with Gasteiger partial charge >= 0.3 is 0 Å².